The van der Waals surface area contributed by atoms with Crippen LogP contribution in [-0.4, -0.2) is 27.4 Å². The van der Waals surface area contributed by atoms with E-state index in [2.05, 4.69) is 24.3 Å². The summed E-state index contributed by atoms with van der Waals surface area (Å²) >= 11 is 0. The van der Waals surface area contributed by atoms with Crippen LogP contribution in [0.3, 0.4) is 0 Å². The largest absolute Gasteiger partial charge is 0.382 e. The van der Waals surface area contributed by atoms with Crippen LogP contribution in [0.25, 0.3) is 0 Å². The van der Waals surface area contributed by atoms with Crippen LogP contribution in [0.2, 0.25) is 0 Å². The molecule has 0 aromatic heterocycles. The van der Waals surface area contributed by atoms with Gasteiger partial charge in [0.05, 0.1) is 6.61 Å². The van der Waals surface area contributed by atoms with Crippen molar-refractivity contribution in [3.05, 3.63) is 35.4 Å². The fraction of sp³-hybridized carbons (Fsp3) is 0.500. The molecule has 15 heavy (non-hydrogen) atoms. The highest BCUT2D eigenvalue weighted by Crippen LogP contribution is 2.17. The molecule has 1 aromatic carbocycles. The number of hydrogen-bond donors (Lipinski definition) is 1. The fourth-order valence-electron chi connectivity index (χ4n) is 1.52. The van der Waals surface area contributed by atoms with Crippen molar-refractivity contribution in [3.8, 4) is 0 Å². The Bertz CT molecular complexity index is 271. The second-order valence-electron chi connectivity index (χ2n) is 3.46. The Morgan fingerprint density at radius 3 is 2.33 bits per heavy atom. The maximum absolute atomic E-state index is 5.49. The van der Waals surface area contributed by atoms with Crippen LogP contribution < -0.4 is 5.73 Å². The zero-order valence-electron chi connectivity index (χ0n) is 9.40. The van der Waals surface area contributed by atoms with Crippen molar-refractivity contribution in [1.29, 1.82) is 0 Å². The third-order valence-electron chi connectivity index (χ3n) is 2.39. The van der Waals surface area contributed by atoms with E-state index in [1.54, 1.807) is 14.2 Å². The summed E-state index contributed by atoms with van der Waals surface area (Å²) in [6.45, 7) is 1.26. The lowest BCUT2D eigenvalue weighted by Gasteiger charge is -2.14. The monoisotopic (exact) mass is 209 g/mol. The third kappa shape index (κ3) is 3.63. The average molecular weight is 209 g/mol. The van der Waals surface area contributed by atoms with E-state index in [4.69, 9.17) is 15.2 Å². The van der Waals surface area contributed by atoms with Crippen molar-refractivity contribution in [3.63, 3.8) is 0 Å². The molecule has 0 fully saturated rings. The summed E-state index contributed by atoms with van der Waals surface area (Å²) in [5, 5.41) is 0. The van der Waals surface area contributed by atoms with E-state index < -0.39 is 0 Å². The van der Waals surface area contributed by atoms with E-state index >= 15 is 0 Å². The van der Waals surface area contributed by atoms with Gasteiger partial charge in [-0.3, -0.25) is 0 Å². The van der Waals surface area contributed by atoms with E-state index in [1.165, 1.54) is 5.56 Å². The molecule has 0 amide bonds. The van der Waals surface area contributed by atoms with Crippen molar-refractivity contribution in [2.75, 3.05) is 27.4 Å². The highest BCUT2D eigenvalue weighted by molar-refractivity contribution is 5.24. The van der Waals surface area contributed by atoms with Gasteiger partial charge in [-0.2, -0.15) is 0 Å². The maximum atomic E-state index is 5.49. The van der Waals surface area contributed by atoms with Gasteiger partial charge in [-0.1, -0.05) is 24.3 Å². The predicted octanol–water partition coefficient (Wildman–Crippen LogP) is 1.52. The first kappa shape index (κ1) is 12.2. The van der Waals surface area contributed by atoms with Crippen LogP contribution in [0.5, 0.6) is 0 Å². The molecule has 0 heterocycles. The molecule has 0 aliphatic heterocycles. The molecule has 2 N–H and O–H groups in total. The molecular formula is C12H19NO2. The summed E-state index contributed by atoms with van der Waals surface area (Å²) < 4.78 is 10.4. The van der Waals surface area contributed by atoms with E-state index in [1.807, 2.05) is 0 Å². The quantitative estimate of drug-likeness (QED) is 0.772. The minimum atomic E-state index is 0.0157. The Balaban J connectivity index is 2.68. The molecule has 0 spiro atoms. The summed E-state index contributed by atoms with van der Waals surface area (Å²) in [5.41, 5.74) is 7.88. The number of benzene rings is 1. The molecule has 0 saturated carbocycles. The van der Waals surface area contributed by atoms with Crippen LogP contribution >= 0.6 is 0 Å². The molecule has 0 saturated heterocycles. The molecule has 0 radical (unpaired) electrons. The lowest BCUT2D eigenvalue weighted by molar-refractivity contribution is 0.0275. The Labute approximate surface area is 91.2 Å². The van der Waals surface area contributed by atoms with Crippen molar-refractivity contribution in [2.45, 2.75) is 12.5 Å². The van der Waals surface area contributed by atoms with Crippen LogP contribution in [-0.2, 0) is 15.9 Å². The normalized spacial score (nSPS) is 12.7. The van der Waals surface area contributed by atoms with Crippen LogP contribution in [0.1, 0.15) is 17.2 Å². The first-order valence-electron chi connectivity index (χ1n) is 5.12. The SMILES string of the molecule is COCC(OC)c1ccc(CCN)cc1. The molecule has 0 aliphatic carbocycles. The summed E-state index contributed by atoms with van der Waals surface area (Å²) in [6, 6.07) is 8.31. The summed E-state index contributed by atoms with van der Waals surface area (Å²) in [5.74, 6) is 0. The average Bonchev–Trinajstić information content (AvgIpc) is 2.28. The highest BCUT2D eigenvalue weighted by atomic mass is 16.5. The lowest BCUT2D eigenvalue weighted by Crippen LogP contribution is -2.08. The van der Waals surface area contributed by atoms with Gasteiger partial charge in [0.25, 0.3) is 0 Å². The van der Waals surface area contributed by atoms with Gasteiger partial charge in [-0.05, 0) is 24.1 Å². The smallest absolute Gasteiger partial charge is 0.105 e. The Morgan fingerprint density at radius 1 is 1.20 bits per heavy atom. The van der Waals surface area contributed by atoms with E-state index in [0.29, 0.717) is 13.2 Å². The summed E-state index contributed by atoms with van der Waals surface area (Å²) in [7, 11) is 3.37. The summed E-state index contributed by atoms with van der Waals surface area (Å²) in [6.07, 6.45) is 0.935. The zero-order chi connectivity index (χ0) is 11.1. The van der Waals surface area contributed by atoms with E-state index in [0.717, 1.165) is 12.0 Å². The Hall–Kier alpha value is -0.900. The van der Waals surface area contributed by atoms with Gasteiger partial charge in [0.1, 0.15) is 6.10 Å². The zero-order valence-corrected chi connectivity index (χ0v) is 9.40. The van der Waals surface area contributed by atoms with Crippen molar-refractivity contribution in [1.82, 2.24) is 0 Å². The Morgan fingerprint density at radius 2 is 1.87 bits per heavy atom. The molecule has 84 valence electrons. The van der Waals surface area contributed by atoms with E-state index in [9.17, 15) is 0 Å². The van der Waals surface area contributed by atoms with E-state index in [-0.39, 0.29) is 6.10 Å². The standard InChI is InChI=1S/C12H19NO2/c1-14-9-12(15-2)11-5-3-10(4-6-11)7-8-13/h3-6,12H,7-9,13H2,1-2H3. The number of methoxy groups -OCH3 is 2. The van der Waals surface area contributed by atoms with Gasteiger partial charge < -0.3 is 15.2 Å². The molecule has 1 rings (SSSR count). The van der Waals surface area contributed by atoms with Gasteiger partial charge in [-0.15, -0.1) is 0 Å². The second kappa shape index (κ2) is 6.56. The molecule has 0 bridgehead atoms. The van der Waals surface area contributed by atoms with Gasteiger partial charge in [-0.25, -0.2) is 0 Å². The molecule has 1 unspecified atom stereocenters. The first-order valence-corrected chi connectivity index (χ1v) is 5.12. The van der Waals surface area contributed by atoms with Gasteiger partial charge >= 0.3 is 0 Å². The lowest BCUT2D eigenvalue weighted by atomic mass is 10.1. The van der Waals surface area contributed by atoms with Gasteiger partial charge in [0.2, 0.25) is 0 Å². The fourth-order valence-corrected chi connectivity index (χ4v) is 1.52. The number of rotatable bonds is 6. The molecule has 0 aliphatic rings. The first-order chi connectivity index (χ1) is 7.31. The summed E-state index contributed by atoms with van der Waals surface area (Å²) in [4.78, 5) is 0. The minimum absolute atomic E-state index is 0.0157. The number of ether oxygens (including phenoxy) is 2. The molecular weight excluding hydrogens is 190 g/mol. The number of hydrogen-bond acceptors (Lipinski definition) is 3. The molecule has 1 atom stereocenters. The number of nitrogens with two attached hydrogens (primary N) is 1. The molecule has 3 heteroatoms. The minimum Gasteiger partial charge on any atom is -0.382 e. The topological polar surface area (TPSA) is 44.5 Å². The van der Waals surface area contributed by atoms with Crippen LogP contribution in [0.4, 0.5) is 0 Å². The maximum Gasteiger partial charge on any atom is 0.105 e. The molecule has 3 nitrogen and oxygen atoms in total. The van der Waals surface area contributed by atoms with Crippen LogP contribution in [0, 0.1) is 0 Å². The van der Waals surface area contributed by atoms with Crippen molar-refractivity contribution < 1.29 is 9.47 Å². The predicted molar refractivity (Wildman–Crippen MR) is 60.8 cm³/mol. The van der Waals surface area contributed by atoms with Crippen molar-refractivity contribution in [2.24, 2.45) is 5.73 Å². The Kier molecular flexibility index (Phi) is 5.32. The highest BCUT2D eigenvalue weighted by Gasteiger charge is 2.09. The molecule has 1 aromatic rings. The second-order valence-corrected chi connectivity index (χ2v) is 3.46. The van der Waals surface area contributed by atoms with Gasteiger partial charge in [0.15, 0.2) is 0 Å². The van der Waals surface area contributed by atoms with Crippen LogP contribution in [0.15, 0.2) is 24.3 Å². The van der Waals surface area contributed by atoms with Crippen molar-refractivity contribution >= 4 is 0 Å². The van der Waals surface area contributed by atoms with Gasteiger partial charge in [0, 0.05) is 14.2 Å². The third-order valence-corrected chi connectivity index (χ3v) is 2.39.